The molecule has 3 aromatic carbocycles. The molecule has 0 spiro atoms. The maximum atomic E-state index is 13.2. The van der Waals surface area contributed by atoms with Crippen molar-refractivity contribution in [2.75, 3.05) is 7.11 Å². The minimum Gasteiger partial charge on any atom is -0.489 e. The molecular formula is C31H26ClN3O4. The number of ether oxygens (including phenoxy) is 2. The molecule has 0 aliphatic rings. The maximum absolute atomic E-state index is 13.2. The molecule has 0 fully saturated rings. The monoisotopic (exact) mass is 539 g/mol. The first-order valence-corrected chi connectivity index (χ1v) is 12.8. The summed E-state index contributed by atoms with van der Waals surface area (Å²) in [5.41, 5.74) is 4.50. The molecule has 0 radical (unpaired) electrons. The number of nitrogens with one attached hydrogen (secondary N) is 1. The fraction of sp³-hybridized carbons (Fsp3) is 0.129. The van der Waals surface area contributed by atoms with Crippen molar-refractivity contribution in [3.8, 4) is 17.0 Å². The number of methoxy groups -OCH3 is 1. The van der Waals surface area contributed by atoms with Crippen LogP contribution in [0.3, 0.4) is 0 Å². The second-order valence-corrected chi connectivity index (χ2v) is 9.38. The van der Waals surface area contributed by atoms with Crippen molar-refractivity contribution in [2.24, 2.45) is 0 Å². The summed E-state index contributed by atoms with van der Waals surface area (Å²) < 4.78 is 12.6. The van der Waals surface area contributed by atoms with Crippen LogP contribution >= 0.6 is 11.6 Å². The third-order valence-corrected chi connectivity index (χ3v) is 6.52. The zero-order chi connectivity index (χ0) is 27.2. The lowest BCUT2D eigenvalue weighted by molar-refractivity contribution is -0.142. The van der Waals surface area contributed by atoms with Gasteiger partial charge in [0, 0.05) is 17.6 Å². The molecule has 5 rings (SSSR count). The Bertz CT molecular complexity index is 1580. The third kappa shape index (κ3) is 6.27. The number of carbonyl (C=O) groups is 2. The van der Waals surface area contributed by atoms with Gasteiger partial charge in [0.1, 0.15) is 29.7 Å². The molecule has 0 saturated heterocycles. The van der Waals surface area contributed by atoms with Gasteiger partial charge in [0.15, 0.2) is 0 Å². The number of aromatic nitrogens is 2. The summed E-state index contributed by atoms with van der Waals surface area (Å²) in [5.74, 6) is -0.306. The molecule has 7 nitrogen and oxygen atoms in total. The van der Waals surface area contributed by atoms with Crippen LogP contribution in [0.15, 0.2) is 103 Å². The second-order valence-electron chi connectivity index (χ2n) is 8.94. The minimum absolute atomic E-state index is 0.190. The van der Waals surface area contributed by atoms with Gasteiger partial charge >= 0.3 is 5.97 Å². The van der Waals surface area contributed by atoms with Gasteiger partial charge in [-0.3, -0.25) is 9.20 Å². The smallest absolute Gasteiger partial charge is 0.328 e. The van der Waals surface area contributed by atoms with E-state index in [0.717, 1.165) is 22.4 Å². The number of carbonyl (C=O) groups excluding carboxylic acids is 2. The fourth-order valence-electron chi connectivity index (χ4n) is 4.24. The molecular weight excluding hydrogens is 514 g/mol. The van der Waals surface area contributed by atoms with E-state index in [0.29, 0.717) is 23.0 Å². The topological polar surface area (TPSA) is 81.9 Å². The average Bonchev–Trinajstić information content (AvgIpc) is 3.42. The molecule has 1 atom stereocenters. The summed E-state index contributed by atoms with van der Waals surface area (Å²) in [6.07, 6.45) is 1.91. The van der Waals surface area contributed by atoms with Crippen molar-refractivity contribution >= 4 is 29.1 Å². The summed E-state index contributed by atoms with van der Waals surface area (Å²) in [6.45, 7) is 0.458. The highest BCUT2D eigenvalue weighted by atomic mass is 35.5. The molecule has 39 heavy (non-hydrogen) atoms. The number of fused-ring (bicyclic) bond motifs is 1. The van der Waals surface area contributed by atoms with Crippen LogP contribution in [-0.2, 0) is 22.6 Å². The maximum Gasteiger partial charge on any atom is 0.328 e. The van der Waals surface area contributed by atoms with Crippen LogP contribution in [0.2, 0.25) is 5.02 Å². The Labute approximate surface area is 231 Å². The Kier molecular flexibility index (Phi) is 7.89. The SMILES string of the molecule is COC(=O)C(Cc1ccc(OCc2ccccc2)cc1)NC(=O)c1cn2c(-c3ccc(Cl)cc3)cccc2n1. The number of rotatable bonds is 9. The van der Waals surface area contributed by atoms with E-state index in [-0.39, 0.29) is 12.1 Å². The Morgan fingerprint density at radius 2 is 1.64 bits per heavy atom. The number of esters is 1. The van der Waals surface area contributed by atoms with Gasteiger partial charge in [-0.05, 0) is 53.1 Å². The van der Waals surface area contributed by atoms with Crippen molar-refractivity contribution in [1.82, 2.24) is 14.7 Å². The highest BCUT2D eigenvalue weighted by molar-refractivity contribution is 6.30. The van der Waals surface area contributed by atoms with E-state index in [1.165, 1.54) is 7.11 Å². The number of halogens is 1. The number of imidazole rings is 1. The van der Waals surface area contributed by atoms with Crippen molar-refractivity contribution in [3.63, 3.8) is 0 Å². The van der Waals surface area contributed by atoms with E-state index in [1.807, 2.05) is 101 Å². The Balaban J connectivity index is 1.29. The van der Waals surface area contributed by atoms with E-state index in [9.17, 15) is 9.59 Å². The van der Waals surface area contributed by atoms with Gasteiger partial charge in [-0.2, -0.15) is 0 Å². The summed E-state index contributed by atoms with van der Waals surface area (Å²) in [6, 6.07) is 29.5. The van der Waals surface area contributed by atoms with Crippen molar-refractivity contribution in [3.05, 3.63) is 125 Å². The molecule has 1 N–H and O–H groups in total. The minimum atomic E-state index is -0.890. The molecule has 5 aromatic rings. The lowest BCUT2D eigenvalue weighted by Gasteiger charge is -2.16. The van der Waals surface area contributed by atoms with Crippen LogP contribution in [-0.4, -0.2) is 34.4 Å². The molecule has 0 aliphatic heterocycles. The Hall–Kier alpha value is -4.62. The number of benzene rings is 3. The molecule has 196 valence electrons. The van der Waals surface area contributed by atoms with Gasteiger partial charge in [-0.1, -0.05) is 72.3 Å². The van der Waals surface area contributed by atoms with Gasteiger partial charge in [-0.25, -0.2) is 9.78 Å². The zero-order valence-corrected chi connectivity index (χ0v) is 22.0. The average molecular weight is 540 g/mol. The van der Waals surface area contributed by atoms with Crippen LogP contribution in [0.5, 0.6) is 5.75 Å². The number of hydrogen-bond donors (Lipinski definition) is 1. The molecule has 2 aromatic heterocycles. The largest absolute Gasteiger partial charge is 0.489 e. The first kappa shape index (κ1) is 26.0. The van der Waals surface area contributed by atoms with Gasteiger partial charge in [0.05, 0.1) is 12.8 Å². The summed E-state index contributed by atoms with van der Waals surface area (Å²) in [7, 11) is 1.30. The van der Waals surface area contributed by atoms with Gasteiger partial charge in [-0.15, -0.1) is 0 Å². The molecule has 1 amide bonds. The normalized spacial score (nSPS) is 11.6. The standard InChI is InChI=1S/C31H26ClN3O4/c1-38-31(37)26(18-21-10-16-25(17-11-21)39-20-22-6-3-2-4-7-22)34-30(36)27-19-35-28(8-5-9-29(35)33-27)23-12-14-24(32)15-13-23/h2-17,19,26H,18,20H2,1H3,(H,34,36). The van der Waals surface area contributed by atoms with Crippen LogP contribution in [0.1, 0.15) is 21.6 Å². The van der Waals surface area contributed by atoms with E-state index in [4.69, 9.17) is 21.1 Å². The van der Waals surface area contributed by atoms with Crippen molar-refractivity contribution in [2.45, 2.75) is 19.1 Å². The van der Waals surface area contributed by atoms with Crippen LogP contribution in [0, 0.1) is 0 Å². The van der Waals surface area contributed by atoms with Gasteiger partial charge in [0.2, 0.25) is 0 Å². The Morgan fingerprint density at radius 3 is 2.36 bits per heavy atom. The van der Waals surface area contributed by atoms with Crippen molar-refractivity contribution in [1.29, 1.82) is 0 Å². The first-order chi connectivity index (χ1) is 19.0. The van der Waals surface area contributed by atoms with Crippen molar-refractivity contribution < 1.29 is 19.1 Å². The van der Waals surface area contributed by atoms with E-state index < -0.39 is 17.9 Å². The molecule has 2 heterocycles. The van der Waals surface area contributed by atoms with Crippen LogP contribution < -0.4 is 10.1 Å². The molecule has 0 aliphatic carbocycles. The number of pyridine rings is 1. The highest BCUT2D eigenvalue weighted by Crippen LogP contribution is 2.23. The number of amides is 1. The van der Waals surface area contributed by atoms with E-state index >= 15 is 0 Å². The quantitative estimate of drug-likeness (QED) is 0.241. The molecule has 0 saturated carbocycles. The number of nitrogens with zero attached hydrogens (tertiary/aromatic N) is 2. The van der Waals surface area contributed by atoms with Gasteiger partial charge in [0.25, 0.3) is 5.91 Å². The predicted octanol–water partition coefficient (Wildman–Crippen LogP) is 5.75. The van der Waals surface area contributed by atoms with Crippen LogP contribution in [0.4, 0.5) is 0 Å². The highest BCUT2D eigenvalue weighted by Gasteiger charge is 2.24. The number of hydrogen-bond acceptors (Lipinski definition) is 5. The summed E-state index contributed by atoms with van der Waals surface area (Å²) in [5, 5.41) is 3.42. The third-order valence-electron chi connectivity index (χ3n) is 6.27. The lowest BCUT2D eigenvalue weighted by atomic mass is 10.1. The van der Waals surface area contributed by atoms with E-state index in [1.54, 1.807) is 6.20 Å². The second kappa shape index (κ2) is 11.8. The van der Waals surface area contributed by atoms with Gasteiger partial charge < -0.3 is 14.8 Å². The first-order valence-electron chi connectivity index (χ1n) is 12.4. The molecule has 1 unspecified atom stereocenters. The predicted molar refractivity (Wildman–Crippen MR) is 150 cm³/mol. The molecule has 8 heteroatoms. The molecule has 0 bridgehead atoms. The lowest BCUT2D eigenvalue weighted by Crippen LogP contribution is -2.43. The zero-order valence-electron chi connectivity index (χ0n) is 21.2. The van der Waals surface area contributed by atoms with E-state index in [2.05, 4.69) is 10.3 Å². The Morgan fingerprint density at radius 1 is 0.897 bits per heavy atom. The fourth-order valence-corrected chi connectivity index (χ4v) is 4.37. The summed E-state index contributed by atoms with van der Waals surface area (Å²) >= 11 is 6.04. The summed E-state index contributed by atoms with van der Waals surface area (Å²) in [4.78, 5) is 30.2. The van der Waals surface area contributed by atoms with Crippen LogP contribution in [0.25, 0.3) is 16.9 Å².